The minimum atomic E-state index is -0.109. The van der Waals surface area contributed by atoms with Crippen LogP contribution in [-0.2, 0) is 6.54 Å². The van der Waals surface area contributed by atoms with E-state index in [0.717, 1.165) is 11.3 Å². The van der Waals surface area contributed by atoms with E-state index < -0.39 is 0 Å². The van der Waals surface area contributed by atoms with Crippen LogP contribution in [0.25, 0.3) is 16.7 Å². The van der Waals surface area contributed by atoms with E-state index in [2.05, 4.69) is 15.1 Å². The van der Waals surface area contributed by atoms with Crippen LogP contribution in [0.1, 0.15) is 17.1 Å². The first kappa shape index (κ1) is 15.8. The van der Waals surface area contributed by atoms with E-state index in [1.54, 1.807) is 22.2 Å². The molecule has 4 aromatic rings. The zero-order valence-corrected chi connectivity index (χ0v) is 15.0. The molecule has 0 radical (unpaired) electrons. The molecule has 8 nitrogen and oxygen atoms in total. The first-order valence-electron chi connectivity index (χ1n) is 8.72. The lowest BCUT2D eigenvalue weighted by atomic mass is 10.1. The van der Waals surface area contributed by atoms with Crippen LogP contribution in [0, 0.1) is 13.8 Å². The van der Waals surface area contributed by atoms with Gasteiger partial charge in [-0.3, -0.25) is 4.79 Å². The van der Waals surface area contributed by atoms with Crippen LogP contribution in [-0.4, -0.2) is 37.4 Å². The maximum absolute atomic E-state index is 13.1. The predicted molar refractivity (Wildman–Crippen MR) is 98.6 cm³/mol. The smallest absolute Gasteiger partial charge is 0.262 e. The maximum atomic E-state index is 13.1. The van der Waals surface area contributed by atoms with Crippen molar-refractivity contribution in [1.82, 2.24) is 24.1 Å². The molecule has 0 spiro atoms. The molecule has 1 aromatic carbocycles. The summed E-state index contributed by atoms with van der Waals surface area (Å²) in [5, 5.41) is 4.90. The van der Waals surface area contributed by atoms with Crippen molar-refractivity contribution in [3.8, 4) is 11.5 Å². The highest BCUT2D eigenvalue weighted by molar-refractivity contribution is 5.81. The minimum Gasteiger partial charge on any atom is -0.486 e. The summed E-state index contributed by atoms with van der Waals surface area (Å²) in [6.45, 7) is 5.14. The number of hydrogen-bond donors (Lipinski definition) is 0. The Morgan fingerprint density at radius 1 is 1.07 bits per heavy atom. The Morgan fingerprint density at radius 3 is 2.74 bits per heavy atom. The van der Waals surface area contributed by atoms with Crippen molar-refractivity contribution in [1.29, 1.82) is 0 Å². The molecule has 4 heterocycles. The highest BCUT2D eigenvalue weighted by atomic mass is 16.6. The number of aromatic nitrogens is 5. The third-order valence-electron chi connectivity index (χ3n) is 4.66. The molecule has 136 valence electrons. The monoisotopic (exact) mass is 363 g/mol. The molecular weight excluding hydrogens is 346 g/mol. The van der Waals surface area contributed by atoms with Gasteiger partial charge in [-0.15, -0.1) is 5.10 Å². The summed E-state index contributed by atoms with van der Waals surface area (Å²) in [6.07, 6.45) is 1.78. The summed E-state index contributed by atoms with van der Waals surface area (Å²) in [7, 11) is 0. The van der Waals surface area contributed by atoms with Gasteiger partial charge in [-0.2, -0.15) is 9.50 Å². The summed E-state index contributed by atoms with van der Waals surface area (Å²) in [5.41, 5.74) is 2.21. The van der Waals surface area contributed by atoms with Crippen LogP contribution >= 0.6 is 0 Å². The summed E-state index contributed by atoms with van der Waals surface area (Å²) in [5.74, 6) is 2.57. The van der Waals surface area contributed by atoms with E-state index in [1.807, 2.05) is 31.2 Å². The van der Waals surface area contributed by atoms with Crippen molar-refractivity contribution >= 4 is 16.7 Å². The number of ether oxygens (including phenoxy) is 2. The summed E-state index contributed by atoms with van der Waals surface area (Å²) in [4.78, 5) is 21.8. The van der Waals surface area contributed by atoms with Crippen LogP contribution in [0.15, 0.2) is 35.3 Å². The Morgan fingerprint density at radius 2 is 1.89 bits per heavy atom. The van der Waals surface area contributed by atoms with Crippen LogP contribution in [0.5, 0.6) is 11.5 Å². The Bertz CT molecular complexity index is 1260. The van der Waals surface area contributed by atoms with Crippen molar-refractivity contribution < 1.29 is 9.47 Å². The second-order valence-electron chi connectivity index (χ2n) is 6.56. The van der Waals surface area contributed by atoms with Gasteiger partial charge >= 0.3 is 0 Å². The number of rotatable bonds is 2. The molecule has 0 saturated heterocycles. The minimum absolute atomic E-state index is 0.109. The summed E-state index contributed by atoms with van der Waals surface area (Å²) < 4.78 is 14.5. The Hall–Kier alpha value is -3.42. The van der Waals surface area contributed by atoms with Gasteiger partial charge in [0, 0.05) is 6.20 Å². The SMILES string of the molecule is Cc1nc2nc(C)c3c(=O)n(Cc4ccc5c(c4)OCCO5)ccc3n2n1. The van der Waals surface area contributed by atoms with E-state index in [0.29, 0.717) is 53.7 Å². The third-order valence-corrected chi connectivity index (χ3v) is 4.66. The lowest BCUT2D eigenvalue weighted by molar-refractivity contribution is 0.171. The molecule has 0 N–H and O–H groups in total. The summed E-state index contributed by atoms with van der Waals surface area (Å²) in [6, 6.07) is 7.62. The molecule has 8 heteroatoms. The molecule has 0 saturated carbocycles. The molecule has 0 unspecified atom stereocenters. The Kier molecular flexibility index (Phi) is 3.40. The number of benzene rings is 1. The molecule has 27 heavy (non-hydrogen) atoms. The highest BCUT2D eigenvalue weighted by Crippen LogP contribution is 2.30. The second-order valence-corrected chi connectivity index (χ2v) is 6.56. The quantitative estimate of drug-likeness (QED) is 0.541. The second kappa shape index (κ2) is 5.80. The Labute approximate surface area is 154 Å². The van der Waals surface area contributed by atoms with E-state index in [1.165, 1.54) is 0 Å². The maximum Gasteiger partial charge on any atom is 0.262 e. The lowest BCUT2D eigenvalue weighted by Crippen LogP contribution is -2.22. The predicted octanol–water partition coefficient (Wildman–Crippen LogP) is 1.88. The largest absolute Gasteiger partial charge is 0.486 e. The van der Waals surface area contributed by atoms with E-state index in [-0.39, 0.29) is 5.56 Å². The van der Waals surface area contributed by atoms with Gasteiger partial charge in [-0.05, 0) is 37.6 Å². The van der Waals surface area contributed by atoms with Crippen molar-refractivity contribution in [2.45, 2.75) is 20.4 Å². The molecular formula is C19H17N5O3. The van der Waals surface area contributed by atoms with Crippen LogP contribution in [0.4, 0.5) is 0 Å². The van der Waals surface area contributed by atoms with E-state index in [4.69, 9.17) is 9.47 Å². The third kappa shape index (κ3) is 2.52. The van der Waals surface area contributed by atoms with Gasteiger partial charge < -0.3 is 14.0 Å². The standard InChI is InChI=1S/C19H17N5O3/c1-11-17-14(24-19(20-11)21-12(2)22-24)5-6-23(18(17)25)10-13-3-4-15-16(9-13)27-8-7-26-15/h3-6,9H,7-8,10H2,1-2H3. The molecule has 5 rings (SSSR count). The zero-order chi connectivity index (χ0) is 18.5. The molecule has 3 aromatic heterocycles. The van der Waals surface area contributed by atoms with Crippen LogP contribution in [0.3, 0.4) is 0 Å². The molecule has 0 atom stereocenters. The van der Waals surface area contributed by atoms with E-state index in [9.17, 15) is 4.79 Å². The van der Waals surface area contributed by atoms with Crippen LogP contribution in [0.2, 0.25) is 0 Å². The number of fused-ring (bicyclic) bond motifs is 4. The van der Waals surface area contributed by atoms with Gasteiger partial charge in [0.25, 0.3) is 11.3 Å². The number of nitrogens with zero attached hydrogens (tertiary/aromatic N) is 5. The van der Waals surface area contributed by atoms with Gasteiger partial charge in [-0.25, -0.2) is 4.98 Å². The number of hydrogen-bond acceptors (Lipinski definition) is 6. The van der Waals surface area contributed by atoms with Crippen molar-refractivity contribution in [3.63, 3.8) is 0 Å². The average molecular weight is 363 g/mol. The lowest BCUT2D eigenvalue weighted by Gasteiger charge is -2.19. The fourth-order valence-corrected chi connectivity index (χ4v) is 3.43. The topological polar surface area (TPSA) is 83.5 Å². The first-order valence-corrected chi connectivity index (χ1v) is 8.72. The highest BCUT2D eigenvalue weighted by Gasteiger charge is 2.15. The fourth-order valence-electron chi connectivity index (χ4n) is 3.43. The average Bonchev–Trinajstić information content (AvgIpc) is 3.03. The summed E-state index contributed by atoms with van der Waals surface area (Å²) >= 11 is 0. The fraction of sp³-hybridized carbons (Fsp3) is 0.263. The van der Waals surface area contributed by atoms with Crippen molar-refractivity contribution in [3.05, 3.63) is 57.9 Å². The van der Waals surface area contributed by atoms with E-state index >= 15 is 0 Å². The normalized spacial score (nSPS) is 13.4. The molecule has 0 fully saturated rings. The van der Waals surface area contributed by atoms with Gasteiger partial charge in [0.1, 0.15) is 19.0 Å². The van der Waals surface area contributed by atoms with Crippen molar-refractivity contribution in [2.75, 3.05) is 13.2 Å². The molecule has 0 amide bonds. The number of aryl methyl sites for hydroxylation is 2. The van der Waals surface area contributed by atoms with Crippen molar-refractivity contribution in [2.24, 2.45) is 0 Å². The van der Waals surface area contributed by atoms with Gasteiger partial charge in [-0.1, -0.05) is 6.07 Å². The first-order chi connectivity index (χ1) is 13.1. The zero-order valence-electron chi connectivity index (χ0n) is 15.0. The number of pyridine rings is 1. The van der Waals surface area contributed by atoms with Gasteiger partial charge in [0.15, 0.2) is 11.5 Å². The van der Waals surface area contributed by atoms with Gasteiger partial charge in [0.2, 0.25) is 0 Å². The van der Waals surface area contributed by atoms with Crippen LogP contribution < -0.4 is 15.0 Å². The molecule has 1 aliphatic rings. The Balaban J connectivity index is 1.62. The molecule has 0 bridgehead atoms. The molecule has 1 aliphatic heterocycles. The van der Waals surface area contributed by atoms with Gasteiger partial charge in [0.05, 0.1) is 23.1 Å². The molecule has 0 aliphatic carbocycles.